The van der Waals surface area contributed by atoms with Gasteiger partial charge in [0, 0.05) is 30.3 Å². The van der Waals surface area contributed by atoms with E-state index in [1.165, 1.54) is 19.3 Å². The van der Waals surface area contributed by atoms with E-state index >= 15 is 0 Å². The van der Waals surface area contributed by atoms with Crippen molar-refractivity contribution in [2.75, 3.05) is 30.8 Å². The normalized spacial score (nSPS) is 19.6. The predicted molar refractivity (Wildman–Crippen MR) is 118 cm³/mol. The third-order valence-corrected chi connectivity index (χ3v) is 6.68. The van der Waals surface area contributed by atoms with E-state index in [-0.39, 0.29) is 23.7 Å². The van der Waals surface area contributed by atoms with E-state index in [9.17, 15) is 9.59 Å². The Morgan fingerprint density at radius 3 is 2.31 bits per heavy atom. The highest BCUT2D eigenvalue weighted by atomic mass is 35.5. The van der Waals surface area contributed by atoms with Crippen LogP contribution in [0.3, 0.4) is 0 Å². The number of nitrogens with zero attached hydrogens (tertiary/aromatic N) is 1. The lowest BCUT2D eigenvalue weighted by atomic mass is 9.82. The molecule has 1 heterocycles. The van der Waals surface area contributed by atoms with Gasteiger partial charge in [0.2, 0.25) is 11.8 Å². The summed E-state index contributed by atoms with van der Waals surface area (Å²) in [6.07, 6.45) is 7.66. The van der Waals surface area contributed by atoms with Crippen LogP contribution >= 0.6 is 23.2 Å². The molecule has 5 nitrogen and oxygen atoms in total. The van der Waals surface area contributed by atoms with Crippen molar-refractivity contribution in [2.45, 2.75) is 51.0 Å². The second kappa shape index (κ2) is 11.1. The first-order chi connectivity index (χ1) is 14.1. The van der Waals surface area contributed by atoms with Crippen molar-refractivity contribution in [3.8, 4) is 0 Å². The molecule has 1 saturated carbocycles. The second-order valence-electron chi connectivity index (χ2n) is 8.23. The highest BCUT2D eigenvalue weighted by Crippen LogP contribution is 2.30. The molecule has 1 atom stereocenters. The summed E-state index contributed by atoms with van der Waals surface area (Å²) in [6.45, 7) is 2.13. The van der Waals surface area contributed by atoms with Crippen LogP contribution in [0.1, 0.15) is 44.9 Å². The number of nitrogens with one attached hydrogen (secondary N) is 2. The van der Waals surface area contributed by atoms with E-state index in [0.29, 0.717) is 23.4 Å². The van der Waals surface area contributed by atoms with Crippen molar-refractivity contribution >= 4 is 40.7 Å². The average molecular weight is 440 g/mol. The number of likely N-dealkylation sites (tertiary alicyclic amines) is 1. The minimum atomic E-state index is -0.191. The largest absolute Gasteiger partial charge is 0.373 e. The summed E-state index contributed by atoms with van der Waals surface area (Å²) in [5.74, 6) is 0.845. The number of rotatable bonds is 7. The topological polar surface area (TPSA) is 61.4 Å². The molecule has 0 aromatic heterocycles. The number of anilines is 1. The van der Waals surface area contributed by atoms with Gasteiger partial charge in [-0.1, -0.05) is 30.9 Å². The van der Waals surface area contributed by atoms with Gasteiger partial charge in [0.1, 0.15) is 11.9 Å². The lowest BCUT2D eigenvalue weighted by Crippen LogP contribution is -2.50. The molecule has 0 unspecified atom stereocenters. The first-order valence-corrected chi connectivity index (χ1v) is 11.6. The van der Waals surface area contributed by atoms with Crippen molar-refractivity contribution in [3.63, 3.8) is 0 Å². The van der Waals surface area contributed by atoms with Gasteiger partial charge >= 0.3 is 0 Å². The van der Waals surface area contributed by atoms with Gasteiger partial charge in [0.15, 0.2) is 0 Å². The van der Waals surface area contributed by atoms with Gasteiger partial charge in [-0.3, -0.25) is 9.59 Å². The maximum Gasteiger partial charge on any atom is 0.245 e. The summed E-state index contributed by atoms with van der Waals surface area (Å²) in [5, 5.41) is 7.06. The molecular weight excluding hydrogens is 409 g/mol. The number of alkyl halides is 1. The molecule has 0 bridgehead atoms. The van der Waals surface area contributed by atoms with Crippen LogP contribution in [-0.4, -0.2) is 48.3 Å². The first-order valence-electron chi connectivity index (χ1n) is 10.7. The Morgan fingerprint density at radius 1 is 1.03 bits per heavy atom. The van der Waals surface area contributed by atoms with Crippen LogP contribution in [-0.2, 0) is 9.59 Å². The molecule has 29 heavy (non-hydrogen) atoms. The van der Waals surface area contributed by atoms with Crippen LogP contribution in [0, 0.1) is 11.8 Å². The van der Waals surface area contributed by atoms with Crippen LogP contribution in [0.15, 0.2) is 24.3 Å². The van der Waals surface area contributed by atoms with Gasteiger partial charge in [-0.2, -0.15) is 0 Å². The highest BCUT2D eigenvalue weighted by Gasteiger charge is 2.34. The van der Waals surface area contributed by atoms with E-state index in [2.05, 4.69) is 10.6 Å². The molecule has 1 aliphatic heterocycles. The SMILES string of the molecule is O=C(CCl)NCC1CCN(C(=O)[C@@H](Nc2ccc(Cl)cc2)C2CCCCC2)CC1. The van der Waals surface area contributed by atoms with Gasteiger partial charge in [-0.05, 0) is 61.8 Å². The highest BCUT2D eigenvalue weighted by molar-refractivity contribution is 6.30. The number of carbonyl (C=O) groups is 2. The monoisotopic (exact) mass is 439 g/mol. The molecule has 0 radical (unpaired) electrons. The molecule has 1 aromatic rings. The fourth-order valence-electron chi connectivity index (χ4n) is 4.43. The van der Waals surface area contributed by atoms with E-state index in [4.69, 9.17) is 23.2 Å². The van der Waals surface area contributed by atoms with Crippen LogP contribution in [0.2, 0.25) is 5.02 Å². The third kappa shape index (κ3) is 6.51. The van der Waals surface area contributed by atoms with E-state index in [1.807, 2.05) is 29.2 Å². The summed E-state index contributed by atoms with van der Waals surface area (Å²) in [4.78, 5) is 26.8. The van der Waals surface area contributed by atoms with Crippen molar-refractivity contribution < 1.29 is 9.59 Å². The zero-order valence-corrected chi connectivity index (χ0v) is 18.4. The molecule has 1 aliphatic carbocycles. The molecule has 7 heteroatoms. The average Bonchev–Trinajstić information content (AvgIpc) is 2.77. The Morgan fingerprint density at radius 2 is 1.69 bits per heavy atom. The summed E-state index contributed by atoms with van der Waals surface area (Å²) in [6, 6.07) is 7.40. The molecule has 0 spiro atoms. The second-order valence-corrected chi connectivity index (χ2v) is 8.94. The minimum Gasteiger partial charge on any atom is -0.373 e. The number of hydrogen-bond donors (Lipinski definition) is 2. The zero-order chi connectivity index (χ0) is 20.6. The number of halogens is 2. The summed E-state index contributed by atoms with van der Waals surface area (Å²) < 4.78 is 0. The lowest BCUT2D eigenvalue weighted by molar-refractivity contribution is -0.135. The van der Waals surface area contributed by atoms with E-state index < -0.39 is 0 Å². The van der Waals surface area contributed by atoms with Crippen molar-refractivity contribution in [2.24, 2.45) is 11.8 Å². The van der Waals surface area contributed by atoms with Crippen LogP contribution < -0.4 is 10.6 Å². The molecular formula is C22H31Cl2N3O2. The fourth-order valence-corrected chi connectivity index (χ4v) is 4.65. The lowest BCUT2D eigenvalue weighted by Gasteiger charge is -2.38. The zero-order valence-electron chi connectivity index (χ0n) is 16.8. The number of amides is 2. The summed E-state index contributed by atoms with van der Waals surface area (Å²) in [7, 11) is 0. The smallest absolute Gasteiger partial charge is 0.245 e. The molecule has 2 fully saturated rings. The number of carbonyl (C=O) groups excluding carboxylic acids is 2. The quantitative estimate of drug-likeness (QED) is 0.622. The molecule has 2 aliphatic rings. The molecule has 160 valence electrons. The predicted octanol–water partition coefficient (Wildman–Crippen LogP) is 4.29. The van der Waals surface area contributed by atoms with E-state index in [1.54, 1.807) is 0 Å². The Balaban J connectivity index is 1.60. The first kappa shape index (κ1) is 22.2. The minimum absolute atomic E-state index is 0.00321. The van der Waals surface area contributed by atoms with Crippen molar-refractivity contribution in [1.29, 1.82) is 0 Å². The maximum absolute atomic E-state index is 13.4. The van der Waals surface area contributed by atoms with Gasteiger partial charge in [-0.15, -0.1) is 11.6 Å². The number of benzene rings is 1. The molecule has 1 saturated heterocycles. The standard InChI is InChI=1S/C22H31Cl2N3O2/c23-14-20(28)25-15-16-10-12-27(13-11-16)22(29)21(17-4-2-1-3-5-17)26-19-8-6-18(24)7-9-19/h6-9,16-17,21,26H,1-5,10-15H2,(H,25,28)/t21-/m0/s1. The van der Waals surface area contributed by atoms with Gasteiger partial charge in [0.05, 0.1) is 0 Å². The van der Waals surface area contributed by atoms with Gasteiger partial charge in [-0.25, -0.2) is 0 Å². The summed E-state index contributed by atoms with van der Waals surface area (Å²) in [5.41, 5.74) is 0.942. The Bertz CT molecular complexity index is 669. The molecule has 2 N–H and O–H groups in total. The van der Waals surface area contributed by atoms with Crippen LogP contribution in [0.25, 0.3) is 0 Å². The fraction of sp³-hybridized carbons (Fsp3) is 0.636. The van der Waals surface area contributed by atoms with E-state index in [0.717, 1.165) is 44.5 Å². The molecule has 2 amide bonds. The number of hydrogen-bond acceptors (Lipinski definition) is 3. The number of piperidine rings is 1. The molecule has 1 aromatic carbocycles. The van der Waals surface area contributed by atoms with Gasteiger partial charge < -0.3 is 15.5 Å². The van der Waals surface area contributed by atoms with Crippen molar-refractivity contribution in [1.82, 2.24) is 10.2 Å². The molecule has 3 rings (SSSR count). The van der Waals surface area contributed by atoms with Crippen molar-refractivity contribution in [3.05, 3.63) is 29.3 Å². The maximum atomic E-state index is 13.4. The summed E-state index contributed by atoms with van der Waals surface area (Å²) >= 11 is 11.6. The van der Waals surface area contributed by atoms with Gasteiger partial charge in [0.25, 0.3) is 0 Å². The third-order valence-electron chi connectivity index (χ3n) is 6.19. The Kier molecular flexibility index (Phi) is 8.49. The van der Waals surface area contributed by atoms with Crippen LogP contribution in [0.4, 0.5) is 5.69 Å². The van der Waals surface area contributed by atoms with Crippen LogP contribution in [0.5, 0.6) is 0 Å². The Labute approximate surface area is 183 Å². The Hall–Kier alpha value is -1.46.